The summed E-state index contributed by atoms with van der Waals surface area (Å²) >= 11 is 0. The van der Waals surface area contributed by atoms with Crippen LogP contribution in [0.15, 0.2) is 15.4 Å². The van der Waals surface area contributed by atoms with Crippen LogP contribution in [-0.2, 0) is 16.6 Å². The van der Waals surface area contributed by atoms with E-state index in [0.29, 0.717) is 24.6 Å². The SMILES string of the molecule is C#CCN(CC)S(=O)(=O)c1cc(CNC)oc1C. The number of aryl methyl sites for hydroxylation is 1. The van der Waals surface area contributed by atoms with Gasteiger partial charge in [0.15, 0.2) is 0 Å². The van der Waals surface area contributed by atoms with Crippen LogP contribution in [0.2, 0.25) is 0 Å². The zero-order valence-corrected chi connectivity index (χ0v) is 11.7. The Morgan fingerprint density at radius 2 is 2.22 bits per heavy atom. The molecule has 0 bridgehead atoms. The van der Waals surface area contributed by atoms with Crippen molar-refractivity contribution in [1.29, 1.82) is 0 Å². The van der Waals surface area contributed by atoms with Crippen molar-refractivity contribution in [1.82, 2.24) is 9.62 Å². The quantitative estimate of drug-likeness (QED) is 0.782. The van der Waals surface area contributed by atoms with E-state index in [2.05, 4.69) is 11.2 Å². The van der Waals surface area contributed by atoms with E-state index in [-0.39, 0.29) is 11.4 Å². The van der Waals surface area contributed by atoms with Gasteiger partial charge in [-0.1, -0.05) is 12.8 Å². The maximum Gasteiger partial charge on any atom is 0.247 e. The number of hydrogen-bond donors (Lipinski definition) is 1. The molecule has 0 unspecified atom stereocenters. The first-order chi connectivity index (χ1) is 8.47. The Morgan fingerprint density at radius 3 is 2.72 bits per heavy atom. The van der Waals surface area contributed by atoms with E-state index in [9.17, 15) is 8.42 Å². The minimum Gasteiger partial charge on any atom is -0.464 e. The molecule has 0 aliphatic carbocycles. The molecule has 0 saturated heterocycles. The van der Waals surface area contributed by atoms with Gasteiger partial charge in [0.1, 0.15) is 16.4 Å². The van der Waals surface area contributed by atoms with Crippen LogP contribution in [0.25, 0.3) is 0 Å². The maximum absolute atomic E-state index is 12.3. The Kier molecular flexibility index (Phi) is 4.96. The van der Waals surface area contributed by atoms with Gasteiger partial charge >= 0.3 is 0 Å². The summed E-state index contributed by atoms with van der Waals surface area (Å²) in [5.41, 5.74) is 0. The second kappa shape index (κ2) is 6.05. The Hall–Kier alpha value is -1.29. The Bertz CT molecular complexity index is 540. The molecule has 0 aromatic carbocycles. The van der Waals surface area contributed by atoms with Crippen LogP contribution in [0, 0.1) is 19.3 Å². The molecule has 1 heterocycles. The van der Waals surface area contributed by atoms with Gasteiger partial charge in [-0.05, 0) is 14.0 Å². The van der Waals surface area contributed by atoms with Crippen molar-refractivity contribution in [3.8, 4) is 12.3 Å². The van der Waals surface area contributed by atoms with Gasteiger partial charge in [0.05, 0.1) is 13.1 Å². The normalized spacial score (nSPS) is 11.7. The average molecular weight is 270 g/mol. The predicted molar refractivity (Wildman–Crippen MR) is 69.5 cm³/mol. The standard InChI is InChI=1S/C12H18N2O3S/c1-5-7-14(6-2)18(15,16)12-8-11(9-13-4)17-10(12)3/h1,8,13H,6-7,9H2,2-4H3. The van der Waals surface area contributed by atoms with Crippen LogP contribution >= 0.6 is 0 Å². The lowest BCUT2D eigenvalue weighted by Gasteiger charge is -2.16. The van der Waals surface area contributed by atoms with Crippen molar-refractivity contribution in [3.63, 3.8) is 0 Å². The average Bonchev–Trinajstić information content (AvgIpc) is 2.68. The summed E-state index contributed by atoms with van der Waals surface area (Å²) in [4.78, 5) is 0.185. The van der Waals surface area contributed by atoms with Crippen LogP contribution in [0.5, 0.6) is 0 Å². The van der Waals surface area contributed by atoms with Gasteiger partial charge in [0, 0.05) is 12.6 Å². The van der Waals surface area contributed by atoms with E-state index in [1.54, 1.807) is 27.0 Å². The van der Waals surface area contributed by atoms with Crippen LogP contribution in [0.4, 0.5) is 0 Å². The number of furan rings is 1. The molecule has 5 nitrogen and oxygen atoms in total. The lowest BCUT2D eigenvalue weighted by atomic mass is 10.4. The fourth-order valence-electron chi connectivity index (χ4n) is 1.65. The molecule has 1 aromatic rings. The third-order valence-corrected chi connectivity index (χ3v) is 4.54. The Labute approximate surface area is 108 Å². The summed E-state index contributed by atoms with van der Waals surface area (Å²) in [6, 6.07) is 1.54. The van der Waals surface area contributed by atoms with E-state index in [1.807, 2.05) is 0 Å². The molecule has 0 fully saturated rings. The van der Waals surface area contributed by atoms with Crippen molar-refractivity contribution in [3.05, 3.63) is 17.6 Å². The van der Waals surface area contributed by atoms with Gasteiger partial charge in [0.25, 0.3) is 0 Å². The summed E-state index contributed by atoms with van der Waals surface area (Å²) in [6.07, 6.45) is 5.18. The Balaban J connectivity index is 3.15. The summed E-state index contributed by atoms with van der Waals surface area (Å²) in [5.74, 6) is 3.32. The molecule has 0 aliphatic heterocycles. The molecule has 1 rings (SSSR count). The van der Waals surface area contributed by atoms with Gasteiger partial charge in [-0.2, -0.15) is 4.31 Å². The van der Waals surface area contributed by atoms with Crippen molar-refractivity contribution in [2.45, 2.75) is 25.3 Å². The van der Waals surface area contributed by atoms with E-state index >= 15 is 0 Å². The maximum atomic E-state index is 12.3. The lowest BCUT2D eigenvalue weighted by Crippen LogP contribution is -2.31. The number of nitrogens with zero attached hydrogens (tertiary/aromatic N) is 1. The lowest BCUT2D eigenvalue weighted by molar-refractivity contribution is 0.451. The van der Waals surface area contributed by atoms with Crippen molar-refractivity contribution < 1.29 is 12.8 Å². The minimum atomic E-state index is -3.57. The molecule has 0 saturated carbocycles. The van der Waals surface area contributed by atoms with Crippen LogP contribution < -0.4 is 5.32 Å². The zero-order chi connectivity index (χ0) is 13.8. The predicted octanol–water partition coefficient (Wildman–Crippen LogP) is 0.951. The van der Waals surface area contributed by atoms with Crippen molar-refractivity contribution in [2.24, 2.45) is 0 Å². The largest absolute Gasteiger partial charge is 0.464 e. The van der Waals surface area contributed by atoms with E-state index in [0.717, 1.165) is 0 Å². The molecule has 0 amide bonds. The molecule has 0 radical (unpaired) electrons. The fraction of sp³-hybridized carbons (Fsp3) is 0.500. The second-order valence-electron chi connectivity index (χ2n) is 3.80. The Morgan fingerprint density at radius 1 is 1.56 bits per heavy atom. The molecule has 0 atom stereocenters. The molecule has 0 spiro atoms. The molecular formula is C12H18N2O3S. The highest BCUT2D eigenvalue weighted by Gasteiger charge is 2.27. The van der Waals surface area contributed by atoms with E-state index < -0.39 is 10.0 Å². The highest BCUT2D eigenvalue weighted by molar-refractivity contribution is 7.89. The first kappa shape index (κ1) is 14.8. The van der Waals surface area contributed by atoms with Crippen LogP contribution in [0.3, 0.4) is 0 Å². The number of nitrogens with one attached hydrogen (secondary N) is 1. The number of sulfonamides is 1. The van der Waals surface area contributed by atoms with Crippen LogP contribution in [0.1, 0.15) is 18.4 Å². The summed E-state index contributed by atoms with van der Waals surface area (Å²) in [5, 5.41) is 2.91. The van der Waals surface area contributed by atoms with Gasteiger partial charge < -0.3 is 9.73 Å². The molecule has 18 heavy (non-hydrogen) atoms. The van der Waals surface area contributed by atoms with Gasteiger partial charge in [0.2, 0.25) is 10.0 Å². The first-order valence-electron chi connectivity index (χ1n) is 5.64. The number of hydrogen-bond acceptors (Lipinski definition) is 4. The summed E-state index contributed by atoms with van der Waals surface area (Å²) in [7, 11) is -1.81. The number of terminal acetylenes is 1. The van der Waals surface area contributed by atoms with Crippen molar-refractivity contribution >= 4 is 10.0 Å². The zero-order valence-electron chi connectivity index (χ0n) is 10.9. The fourth-order valence-corrected chi connectivity index (χ4v) is 3.20. The summed E-state index contributed by atoms with van der Waals surface area (Å²) in [6.45, 7) is 4.26. The van der Waals surface area contributed by atoms with E-state index in [1.165, 1.54) is 4.31 Å². The molecule has 100 valence electrons. The van der Waals surface area contributed by atoms with E-state index in [4.69, 9.17) is 10.8 Å². The highest BCUT2D eigenvalue weighted by atomic mass is 32.2. The first-order valence-corrected chi connectivity index (χ1v) is 7.08. The van der Waals surface area contributed by atoms with Crippen LogP contribution in [-0.4, -0.2) is 32.9 Å². The summed E-state index contributed by atoms with van der Waals surface area (Å²) < 4.78 is 31.3. The number of rotatable bonds is 6. The molecule has 0 aliphatic rings. The van der Waals surface area contributed by atoms with Gasteiger partial charge in [-0.15, -0.1) is 6.42 Å². The molecule has 1 aromatic heterocycles. The smallest absolute Gasteiger partial charge is 0.247 e. The monoisotopic (exact) mass is 270 g/mol. The topological polar surface area (TPSA) is 62.6 Å². The highest BCUT2D eigenvalue weighted by Crippen LogP contribution is 2.23. The molecule has 1 N–H and O–H groups in total. The third kappa shape index (κ3) is 2.93. The molecular weight excluding hydrogens is 252 g/mol. The van der Waals surface area contributed by atoms with Gasteiger partial charge in [-0.25, -0.2) is 8.42 Å². The van der Waals surface area contributed by atoms with Crippen molar-refractivity contribution in [2.75, 3.05) is 20.1 Å². The second-order valence-corrected chi connectivity index (χ2v) is 5.71. The third-order valence-electron chi connectivity index (χ3n) is 2.51. The minimum absolute atomic E-state index is 0.0603. The molecule has 6 heteroatoms. The van der Waals surface area contributed by atoms with Gasteiger partial charge in [-0.3, -0.25) is 0 Å².